The van der Waals surface area contributed by atoms with Gasteiger partial charge in [0.15, 0.2) is 0 Å². The van der Waals surface area contributed by atoms with Gasteiger partial charge in [-0.05, 0) is 63.2 Å². The number of piperazine rings is 1. The maximum absolute atomic E-state index is 13.5. The summed E-state index contributed by atoms with van der Waals surface area (Å²) in [6.07, 6.45) is 0. The highest BCUT2D eigenvalue weighted by Gasteiger charge is 2.18. The van der Waals surface area contributed by atoms with E-state index in [4.69, 9.17) is 9.97 Å². The summed E-state index contributed by atoms with van der Waals surface area (Å²) in [7, 11) is 0. The number of nitrogens with zero attached hydrogens (tertiary/aromatic N) is 5. The van der Waals surface area contributed by atoms with Gasteiger partial charge in [-0.3, -0.25) is 9.36 Å². The first-order valence-electron chi connectivity index (χ1n) is 12.8. The summed E-state index contributed by atoms with van der Waals surface area (Å²) in [6, 6.07) is 20.1. The third-order valence-corrected chi connectivity index (χ3v) is 6.99. The molecule has 1 saturated heterocycles. The highest BCUT2D eigenvalue weighted by Crippen LogP contribution is 2.26. The highest BCUT2D eigenvalue weighted by molar-refractivity contribution is 5.84. The van der Waals surface area contributed by atoms with Gasteiger partial charge in [-0.15, -0.1) is 0 Å². The molecule has 0 unspecified atom stereocenters. The van der Waals surface area contributed by atoms with E-state index in [9.17, 15) is 4.79 Å². The first-order chi connectivity index (χ1) is 17.4. The van der Waals surface area contributed by atoms with Gasteiger partial charge in [-0.1, -0.05) is 37.3 Å². The van der Waals surface area contributed by atoms with Crippen molar-refractivity contribution in [3.8, 4) is 11.1 Å². The molecule has 4 aromatic rings. The first-order valence-corrected chi connectivity index (χ1v) is 12.8. The number of nitrogens with one attached hydrogen (secondary N) is 1. The lowest BCUT2D eigenvalue weighted by Gasteiger charge is -2.35. The topological polar surface area (TPSA) is 66.3 Å². The van der Waals surface area contributed by atoms with E-state index in [1.54, 1.807) is 4.57 Å². The van der Waals surface area contributed by atoms with Crippen molar-refractivity contribution in [2.75, 3.05) is 42.9 Å². The molecule has 0 radical (unpaired) electrons. The van der Waals surface area contributed by atoms with Gasteiger partial charge in [0.25, 0.3) is 5.56 Å². The molecule has 7 heteroatoms. The molecule has 0 saturated carbocycles. The number of pyridine rings is 1. The molecule has 0 spiro atoms. The minimum atomic E-state index is -0.0433. The Morgan fingerprint density at radius 3 is 2.28 bits per heavy atom. The lowest BCUT2D eigenvalue weighted by Crippen LogP contribution is -2.46. The van der Waals surface area contributed by atoms with Crippen molar-refractivity contribution < 1.29 is 0 Å². The highest BCUT2D eigenvalue weighted by atomic mass is 16.1. The van der Waals surface area contributed by atoms with Crippen LogP contribution in [0.5, 0.6) is 0 Å². The van der Waals surface area contributed by atoms with Crippen LogP contribution in [-0.2, 0) is 0 Å². The second-order valence-corrected chi connectivity index (χ2v) is 9.66. The SMILES string of the molecule is CCN1CCN(c2ccc(Nc3nc(C)c4cc(-c5ccccc5)c(=O)n(C(C)C)c4n3)cc2)CC1. The Labute approximate surface area is 212 Å². The number of benzene rings is 2. The van der Waals surface area contributed by atoms with Gasteiger partial charge in [0.05, 0.1) is 5.69 Å². The van der Waals surface area contributed by atoms with Gasteiger partial charge in [-0.2, -0.15) is 4.98 Å². The number of hydrogen-bond acceptors (Lipinski definition) is 6. The quantitative estimate of drug-likeness (QED) is 0.406. The van der Waals surface area contributed by atoms with Crippen LogP contribution < -0.4 is 15.8 Å². The van der Waals surface area contributed by atoms with Crippen molar-refractivity contribution in [3.05, 3.63) is 76.7 Å². The molecule has 0 aliphatic carbocycles. The van der Waals surface area contributed by atoms with Crippen LogP contribution >= 0.6 is 0 Å². The van der Waals surface area contributed by atoms with E-state index in [2.05, 4.69) is 46.3 Å². The van der Waals surface area contributed by atoms with Gasteiger partial charge in [0.1, 0.15) is 5.65 Å². The predicted octanol–water partition coefficient (Wildman–Crippen LogP) is 5.23. The molecule has 36 heavy (non-hydrogen) atoms. The van der Waals surface area contributed by atoms with E-state index in [-0.39, 0.29) is 11.6 Å². The summed E-state index contributed by atoms with van der Waals surface area (Å²) in [6.45, 7) is 13.6. The van der Waals surface area contributed by atoms with Crippen molar-refractivity contribution in [1.29, 1.82) is 0 Å². The number of rotatable bonds is 6. The molecule has 1 fully saturated rings. The van der Waals surface area contributed by atoms with Crippen molar-refractivity contribution in [1.82, 2.24) is 19.4 Å². The van der Waals surface area contributed by atoms with Gasteiger partial charge >= 0.3 is 0 Å². The molecule has 0 atom stereocenters. The Bertz CT molecular complexity index is 1400. The second-order valence-electron chi connectivity index (χ2n) is 9.66. The third kappa shape index (κ3) is 4.71. The minimum Gasteiger partial charge on any atom is -0.369 e. The predicted molar refractivity (Wildman–Crippen MR) is 148 cm³/mol. The van der Waals surface area contributed by atoms with Gasteiger partial charge in [0, 0.05) is 54.5 Å². The Hall–Kier alpha value is -3.71. The lowest BCUT2D eigenvalue weighted by atomic mass is 10.0. The first kappa shape index (κ1) is 24.0. The summed E-state index contributed by atoms with van der Waals surface area (Å²) in [5, 5.41) is 4.23. The smallest absolute Gasteiger partial charge is 0.260 e. The summed E-state index contributed by atoms with van der Waals surface area (Å²) >= 11 is 0. The van der Waals surface area contributed by atoms with Crippen LogP contribution in [0.3, 0.4) is 0 Å². The van der Waals surface area contributed by atoms with E-state index < -0.39 is 0 Å². The van der Waals surface area contributed by atoms with Crippen LogP contribution in [0.2, 0.25) is 0 Å². The fourth-order valence-corrected chi connectivity index (χ4v) is 4.92. The van der Waals surface area contributed by atoms with Crippen LogP contribution in [0.1, 0.15) is 32.5 Å². The van der Waals surface area contributed by atoms with Crippen molar-refractivity contribution in [2.45, 2.75) is 33.7 Å². The monoisotopic (exact) mass is 482 g/mol. The zero-order chi connectivity index (χ0) is 25.2. The number of likely N-dealkylation sites (N-methyl/N-ethyl adjacent to an activating group) is 1. The van der Waals surface area contributed by atoms with Crippen molar-refractivity contribution >= 4 is 28.4 Å². The molecule has 1 aliphatic heterocycles. The standard InChI is InChI=1S/C29H34N6O/c1-5-33-15-17-34(18-16-33)24-13-11-23(12-14-24)31-29-30-21(4)25-19-26(22-9-7-6-8-10-22)28(36)35(20(2)3)27(25)32-29/h6-14,19-20H,5,15-18H2,1-4H3,(H,30,31,32). The molecule has 2 aromatic heterocycles. The Morgan fingerprint density at radius 1 is 0.944 bits per heavy atom. The van der Waals surface area contributed by atoms with Crippen LogP contribution in [0, 0.1) is 6.92 Å². The van der Waals surface area contributed by atoms with E-state index in [1.165, 1.54) is 5.69 Å². The average Bonchev–Trinajstić information content (AvgIpc) is 2.89. The number of aryl methyl sites for hydroxylation is 1. The lowest BCUT2D eigenvalue weighted by molar-refractivity contribution is 0.271. The molecule has 7 nitrogen and oxygen atoms in total. The maximum atomic E-state index is 13.5. The Balaban J connectivity index is 1.46. The molecule has 186 valence electrons. The molecule has 5 rings (SSSR count). The summed E-state index contributed by atoms with van der Waals surface area (Å²) < 4.78 is 1.77. The van der Waals surface area contributed by atoms with Crippen LogP contribution in [-0.4, -0.2) is 52.2 Å². The number of fused-ring (bicyclic) bond motifs is 1. The van der Waals surface area contributed by atoms with Crippen molar-refractivity contribution in [3.63, 3.8) is 0 Å². The normalized spacial score (nSPS) is 14.5. The molecule has 3 heterocycles. The van der Waals surface area contributed by atoms with E-state index in [0.717, 1.165) is 55.1 Å². The van der Waals surface area contributed by atoms with Crippen LogP contribution in [0.25, 0.3) is 22.2 Å². The van der Waals surface area contributed by atoms with Gasteiger partial charge in [-0.25, -0.2) is 4.98 Å². The number of anilines is 3. The molecule has 0 bridgehead atoms. The van der Waals surface area contributed by atoms with E-state index >= 15 is 0 Å². The molecular formula is C29H34N6O. The zero-order valence-corrected chi connectivity index (χ0v) is 21.5. The van der Waals surface area contributed by atoms with Gasteiger partial charge in [0.2, 0.25) is 5.95 Å². The zero-order valence-electron chi connectivity index (χ0n) is 21.5. The molecule has 1 N–H and O–H groups in total. The van der Waals surface area contributed by atoms with Gasteiger partial charge < -0.3 is 15.1 Å². The average molecular weight is 483 g/mol. The van der Waals surface area contributed by atoms with Crippen LogP contribution in [0.4, 0.5) is 17.3 Å². The van der Waals surface area contributed by atoms with Crippen LogP contribution in [0.15, 0.2) is 65.5 Å². The Morgan fingerprint density at radius 2 is 1.64 bits per heavy atom. The largest absolute Gasteiger partial charge is 0.369 e. The maximum Gasteiger partial charge on any atom is 0.260 e. The van der Waals surface area contributed by atoms with E-state index in [1.807, 2.05) is 57.2 Å². The number of hydrogen-bond donors (Lipinski definition) is 1. The summed E-state index contributed by atoms with van der Waals surface area (Å²) in [5.41, 5.74) is 5.16. The fraction of sp³-hybridized carbons (Fsp3) is 0.345. The third-order valence-electron chi connectivity index (χ3n) is 6.99. The second kappa shape index (κ2) is 10.1. The van der Waals surface area contributed by atoms with E-state index in [0.29, 0.717) is 17.2 Å². The molecule has 2 aromatic carbocycles. The Kier molecular flexibility index (Phi) is 6.74. The molecule has 1 aliphatic rings. The summed E-state index contributed by atoms with van der Waals surface area (Å²) in [5.74, 6) is 0.491. The molecule has 0 amide bonds. The molecular weight excluding hydrogens is 448 g/mol. The van der Waals surface area contributed by atoms with Crippen molar-refractivity contribution in [2.24, 2.45) is 0 Å². The summed E-state index contributed by atoms with van der Waals surface area (Å²) in [4.78, 5) is 28.0. The number of aromatic nitrogens is 3. The minimum absolute atomic E-state index is 0.0414. The fourth-order valence-electron chi connectivity index (χ4n) is 4.92.